The number of piperazine rings is 1. The van der Waals surface area contributed by atoms with Crippen molar-refractivity contribution in [3.05, 3.63) is 0 Å². The summed E-state index contributed by atoms with van der Waals surface area (Å²) in [5, 5.41) is 0. The maximum Gasteiger partial charge on any atom is 0.0110 e. The van der Waals surface area contributed by atoms with Crippen molar-refractivity contribution in [2.24, 2.45) is 5.92 Å². The van der Waals surface area contributed by atoms with Gasteiger partial charge in [0.2, 0.25) is 0 Å². The second-order valence-electron chi connectivity index (χ2n) is 4.13. The Balaban J connectivity index is 0. The van der Waals surface area contributed by atoms with E-state index in [4.69, 9.17) is 0 Å². The molecule has 16 heavy (non-hydrogen) atoms. The minimum atomic E-state index is 0.818. The molecule has 1 heterocycles. The van der Waals surface area contributed by atoms with Gasteiger partial charge in [0.25, 0.3) is 0 Å². The lowest BCUT2D eigenvalue weighted by Crippen LogP contribution is -2.47. The van der Waals surface area contributed by atoms with Crippen LogP contribution in [-0.4, -0.2) is 49.1 Å². The minimum absolute atomic E-state index is 0.818. The highest BCUT2D eigenvalue weighted by Gasteiger charge is 2.15. The van der Waals surface area contributed by atoms with E-state index in [9.17, 15) is 0 Å². The fourth-order valence-corrected chi connectivity index (χ4v) is 1.80. The zero-order valence-electron chi connectivity index (χ0n) is 12.7. The van der Waals surface area contributed by atoms with Crippen LogP contribution in [0.4, 0.5) is 0 Å². The van der Waals surface area contributed by atoms with Gasteiger partial charge in [-0.05, 0) is 12.5 Å². The normalized spacial score (nSPS) is 17.2. The van der Waals surface area contributed by atoms with Gasteiger partial charge in [-0.2, -0.15) is 0 Å². The zero-order chi connectivity index (χ0) is 13.0. The van der Waals surface area contributed by atoms with E-state index < -0.39 is 0 Å². The van der Waals surface area contributed by atoms with Gasteiger partial charge >= 0.3 is 0 Å². The highest BCUT2D eigenvalue weighted by atomic mass is 15.3. The Morgan fingerprint density at radius 3 is 1.50 bits per heavy atom. The number of hydrogen-bond donors (Lipinski definition) is 0. The van der Waals surface area contributed by atoms with E-state index in [1.807, 2.05) is 27.7 Å². The molecule has 1 aliphatic rings. The SMILES string of the molecule is CC.CC.CCN1CCN(CC(C)C)CC1. The second kappa shape index (κ2) is 13.0. The zero-order valence-corrected chi connectivity index (χ0v) is 12.7. The number of likely N-dealkylation sites (N-methyl/N-ethyl adjacent to an activating group) is 1. The van der Waals surface area contributed by atoms with Gasteiger partial charge in [0.05, 0.1) is 0 Å². The van der Waals surface area contributed by atoms with Crippen LogP contribution < -0.4 is 0 Å². The van der Waals surface area contributed by atoms with Gasteiger partial charge in [-0.25, -0.2) is 0 Å². The van der Waals surface area contributed by atoms with Gasteiger partial charge in [-0.15, -0.1) is 0 Å². The first-order valence-corrected chi connectivity index (χ1v) is 7.17. The summed E-state index contributed by atoms with van der Waals surface area (Å²) in [6, 6.07) is 0. The standard InChI is InChI=1S/C10H22N2.2C2H6/c1-4-11-5-7-12(8-6-11)9-10(2)3;2*1-2/h10H,4-9H2,1-3H3;2*1-2H3. The minimum Gasteiger partial charge on any atom is -0.301 e. The van der Waals surface area contributed by atoms with Gasteiger partial charge in [0, 0.05) is 32.7 Å². The van der Waals surface area contributed by atoms with E-state index in [-0.39, 0.29) is 0 Å². The molecule has 0 aliphatic carbocycles. The summed E-state index contributed by atoms with van der Waals surface area (Å²) in [7, 11) is 0. The van der Waals surface area contributed by atoms with Crippen molar-refractivity contribution in [2.75, 3.05) is 39.3 Å². The first-order valence-electron chi connectivity index (χ1n) is 7.17. The summed E-state index contributed by atoms with van der Waals surface area (Å²) < 4.78 is 0. The molecule has 0 aromatic heterocycles. The van der Waals surface area contributed by atoms with E-state index in [0.717, 1.165) is 5.92 Å². The Kier molecular flexibility index (Phi) is 14.8. The smallest absolute Gasteiger partial charge is 0.0110 e. The molecule has 2 heteroatoms. The van der Waals surface area contributed by atoms with Crippen LogP contribution in [0.1, 0.15) is 48.5 Å². The molecular weight excluding hydrogens is 196 g/mol. The lowest BCUT2D eigenvalue weighted by Gasteiger charge is -2.34. The molecule has 1 fully saturated rings. The largest absolute Gasteiger partial charge is 0.301 e. The molecule has 0 bridgehead atoms. The topological polar surface area (TPSA) is 6.48 Å². The van der Waals surface area contributed by atoms with Crippen molar-refractivity contribution in [2.45, 2.75) is 48.5 Å². The van der Waals surface area contributed by atoms with Crippen LogP contribution in [0.3, 0.4) is 0 Å². The van der Waals surface area contributed by atoms with E-state index in [1.165, 1.54) is 39.3 Å². The molecule has 0 spiro atoms. The molecule has 0 amide bonds. The highest BCUT2D eigenvalue weighted by molar-refractivity contribution is 4.71. The van der Waals surface area contributed by atoms with Crippen LogP contribution in [-0.2, 0) is 0 Å². The molecule has 0 radical (unpaired) electrons. The molecule has 100 valence electrons. The first kappa shape index (κ1) is 18.3. The van der Waals surface area contributed by atoms with Crippen molar-refractivity contribution in [1.82, 2.24) is 9.80 Å². The molecule has 1 aliphatic heterocycles. The fraction of sp³-hybridized carbons (Fsp3) is 1.00. The molecule has 0 N–H and O–H groups in total. The van der Waals surface area contributed by atoms with Gasteiger partial charge in [-0.3, -0.25) is 0 Å². The van der Waals surface area contributed by atoms with Gasteiger partial charge in [0.15, 0.2) is 0 Å². The lowest BCUT2D eigenvalue weighted by molar-refractivity contribution is 0.127. The summed E-state index contributed by atoms with van der Waals surface area (Å²) in [6.07, 6.45) is 0. The molecule has 0 saturated carbocycles. The summed E-state index contributed by atoms with van der Waals surface area (Å²) in [5.41, 5.74) is 0. The highest BCUT2D eigenvalue weighted by Crippen LogP contribution is 2.04. The Hall–Kier alpha value is -0.0800. The number of nitrogens with zero attached hydrogens (tertiary/aromatic N) is 2. The van der Waals surface area contributed by atoms with Gasteiger partial charge < -0.3 is 9.80 Å². The van der Waals surface area contributed by atoms with Crippen LogP contribution in [0.2, 0.25) is 0 Å². The quantitative estimate of drug-likeness (QED) is 0.734. The first-order chi connectivity index (χ1) is 7.72. The van der Waals surface area contributed by atoms with E-state index in [2.05, 4.69) is 30.6 Å². The second-order valence-corrected chi connectivity index (χ2v) is 4.13. The van der Waals surface area contributed by atoms with E-state index in [1.54, 1.807) is 0 Å². The molecule has 0 unspecified atom stereocenters. The predicted molar refractivity (Wildman–Crippen MR) is 76.1 cm³/mol. The number of rotatable bonds is 3. The van der Waals surface area contributed by atoms with Crippen LogP contribution in [0.5, 0.6) is 0 Å². The molecular formula is C14H34N2. The van der Waals surface area contributed by atoms with Gasteiger partial charge in [-0.1, -0.05) is 48.5 Å². The third kappa shape index (κ3) is 9.17. The molecule has 2 nitrogen and oxygen atoms in total. The predicted octanol–water partition coefficient (Wildman–Crippen LogP) is 3.33. The monoisotopic (exact) mass is 230 g/mol. The van der Waals surface area contributed by atoms with E-state index in [0.29, 0.717) is 0 Å². The third-order valence-corrected chi connectivity index (χ3v) is 2.54. The summed E-state index contributed by atoms with van der Waals surface area (Å²) in [5.74, 6) is 0.818. The average molecular weight is 230 g/mol. The van der Waals surface area contributed by atoms with Crippen LogP contribution >= 0.6 is 0 Å². The van der Waals surface area contributed by atoms with Crippen molar-refractivity contribution >= 4 is 0 Å². The molecule has 0 aromatic rings. The summed E-state index contributed by atoms with van der Waals surface area (Å²) in [6.45, 7) is 22.4. The average Bonchev–Trinajstić information content (AvgIpc) is 2.34. The van der Waals surface area contributed by atoms with Gasteiger partial charge in [0.1, 0.15) is 0 Å². The van der Waals surface area contributed by atoms with Crippen molar-refractivity contribution in [3.8, 4) is 0 Å². The number of hydrogen-bond acceptors (Lipinski definition) is 2. The van der Waals surface area contributed by atoms with Crippen molar-refractivity contribution in [1.29, 1.82) is 0 Å². The van der Waals surface area contributed by atoms with Crippen molar-refractivity contribution in [3.63, 3.8) is 0 Å². The maximum atomic E-state index is 2.58. The third-order valence-electron chi connectivity index (χ3n) is 2.54. The molecule has 0 aromatic carbocycles. The molecule has 1 rings (SSSR count). The lowest BCUT2D eigenvalue weighted by atomic mass is 10.2. The summed E-state index contributed by atoms with van der Waals surface area (Å²) in [4.78, 5) is 5.10. The Bertz CT molecular complexity index is 116. The molecule has 0 atom stereocenters. The Morgan fingerprint density at radius 1 is 0.812 bits per heavy atom. The maximum absolute atomic E-state index is 2.58. The molecule has 1 saturated heterocycles. The van der Waals surface area contributed by atoms with Crippen LogP contribution in [0.15, 0.2) is 0 Å². The van der Waals surface area contributed by atoms with E-state index >= 15 is 0 Å². The Morgan fingerprint density at radius 2 is 1.19 bits per heavy atom. The van der Waals surface area contributed by atoms with Crippen LogP contribution in [0.25, 0.3) is 0 Å². The van der Waals surface area contributed by atoms with Crippen molar-refractivity contribution < 1.29 is 0 Å². The Labute approximate surface area is 104 Å². The summed E-state index contributed by atoms with van der Waals surface area (Å²) >= 11 is 0. The van der Waals surface area contributed by atoms with Crippen LogP contribution in [0, 0.1) is 5.92 Å². The fourth-order valence-electron chi connectivity index (χ4n) is 1.80.